The molecule has 0 bridgehead atoms. The van der Waals surface area contributed by atoms with Crippen LogP contribution in [0, 0.1) is 0 Å². The quantitative estimate of drug-likeness (QED) is 0.606. The van der Waals surface area contributed by atoms with Gasteiger partial charge in [0, 0.05) is 32.2 Å². The Morgan fingerprint density at radius 1 is 1.33 bits per heavy atom. The summed E-state index contributed by atoms with van der Waals surface area (Å²) < 4.78 is 27.1. The molecule has 15 heavy (non-hydrogen) atoms. The molecular weight excluding hydrogens is 214 g/mol. The van der Waals surface area contributed by atoms with Crippen molar-refractivity contribution in [2.24, 2.45) is 0 Å². The van der Waals surface area contributed by atoms with E-state index < -0.39 is 10.2 Å². The second-order valence-corrected chi connectivity index (χ2v) is 6.05. The van der Waals surface area contributed by atoms with Crippen LogP contribution in [0.4, 0.5) is 0 Å². The largest absolute Gasteiger partial charge is 0.313 e. The number of nitrogens with zero attached hydrogens (tertiary/aromatic N) is 1. The summed E-state index contributed by atoms with van der Waals surface area (Å²) >= 11 is 0. The molecule has 0 heterocycles. The summed E-state index contributed by atoms with van der Waals surface area (Å²) in [6, 6.07) is 0.608. The van der Waals surface area contributed by atoms with Gasteiger partial charge in [0.2, 0.25) is 0 Å². The lowest BCUT2D eigenvalue weighted by atomic mass is 10.4. The number of hydrogen-bond acceptors (Lipinski definition) is 3. The van der Waals surface area contributed by atoms with Crippen molar-refractivity contribution in [2.45, 2.75) is 38.8 Å². The molecule has 0 radical (unpaired) electrons. The second kappa shape index (κ2) is 5.25. The van der Waals surface area contributed by atoms with Crippen LogP contribution in [-0.4, -0.2) is 44.9 Å². The summed E-state index contributed by atoms with van der Waals surface area (Å²) in [7, 11) is -1.71. The molecule has 1 rings (SSSR count). The minimum absolute atomic E-state index is 0.0149. The van der Waals surface area contributed by atoms with E-state index in [1.807, 2.05) is 13.8 Å². The van der Waals surface area contributed by atoms with Crippen molar-refractivity contribution in [3.8, 4) is 0 Å². The van der Waals surface area contributed by atoms with Gasteiger partial charge >= 0.3 is 0 Å². The van der Waals surface area contributed by atoms with Crippen LogP contribution in [0.25, 0.3) is 0 Å². The first-order valence-corrected chi connectivity index (χ1v) is 6.83. The third-order valence-electron chi connectivity index (χ3n) is 2.53. The van der Waals surface area contributed by atoms with Gasteiger partial charge in [0.15, 0.2) is 0 Å². The summed E-state index contributed by atoms with van der Waals surface area (Å²) in [5.41, 5.74) is 0. The monoisotopic (exact) mass is 235 g/mol. The van der Waals surface area contributed by atoms with Gasteiger partial charge in [-0.25, -0.2) is 4.72 Å². The molecule has 1 saturated carbocycles. The van der Waals surface area contributed by atoms with Crippen LogP contribution >= 0.6 is 0 Å². The molecule has 6 heteroatoms. The molecule has 0 aromatic carbocycles. The summed E-state index contributed by atoms with van der Waals surface area (Å²) in [6.07, 6.45) is 2.44. The highest BCUT2D eigenvalue weighted by molar-refractivity contribution is 7.87. The van der Waals surface area contributed by atoms with E-state index in [0.717, 1.165) is 0 Å². The molecule has 1 aliphatic carbocycles. The summed E-state index contributed by atoms with van der Waals surface area (Å²) in [5.74, 6) is 0. The molecule has 0 aliphatic heterocycles. The molecule has 0 unspecified atom stereocenters. The van der Waals surface area contributed by atoms with E-state index in [1.54, 1.807) is 7.05 Å². The molecule has 0 aromatic rings. The Hall–Kier alpha value is -0.170. The van der Waals surface area contributed by atoms with Crippen LogP contribution in [0.2, 0.25) is 0 Å². The van der Waals surface area contributed by atoms with E-state index in [9.17, 15) is 8.42 Å². The first-order chi connectivity index (χ1) is 6.93. The van der Waals surface area contributed by atoms with Crippen molar-refractivity contribution in [3.63, 3.8) is 0 Å². The first-order valence-electron chi connectivity index (χ1n) is 5.39. The van der Waals surface area contributed by atoms with E-state index in [0.29, 0.717) is 19.1 Å². The maximum absolute atomic E-state index is 11.6. The minimum atomic E-state index is -3.29. The zero-order chi connectivity index (χ0) is 11.5. The molecule has 1 aliphatic rings. The zero-order valence-electron chi connectivity index (χ0n) is 9.66. The Morgan fingerprint density at radius 3 is 2.40 bits per heavy atom. The molecular formula is C9H21N3O2S. The Balaban J connectivity index is 2.22. The number of nitrogens with one attached hydrogen (secondary N) is 2. The first kappa shape index (κ1) is 12.9. The van der Waals surface area contributed by atoms with Gasteiger partial charge in [0.25, 0.3) is 10.2 Å². The van der Waals surface area contributed by atoms with Crippen LogP contribution in [0.3, 0.4) is 0 Å². The van der Waals surface area contributed by atoms with Gasteiger partial charge in [-0.3, -0.25) is 0 Å². The van der Waals surface area contributed by atoms with Gasteiger partial charge in [0.1, 0.15) is 0 Å². The molecule has 0 spiro atoms. The van der Waals surface area contributed by atoms with Gasteiger partial charge in [0.05, 0.1) is 0 Å². The molecule has 0 aromatic heterocycles. The number of rotatable bonds is 7. The normalized spacial score (nSPS) is 17.7. The minimum Gasteiger partial charge on any atom is -0.313 e. The lowest BCUT2D eigenvalue weighted by Crippen LogP contribution is -2.44. The predicted molar refractivity (Wildman–Crippen MR) is 60.8 cm³/mol. The Bertz CT molecular complexity index is 286. The van der Waals surface area contributed by atoms with Crippen LogP contribution in [0.5, 0.6) is 0 Å². The fourth-order valence-electron chi connectivity index (χ4n) is 1.12. The molecule has 90 valence electrons. The maximum Gasteiger partial charge on any atom is 0.279 e. The van der Waals surface area contributed by atoms with Crippen molar-refractivity contribution in [3.05, 3.63) is 0 Å². The average molecular weight is 235 g/mol. The smallest absolute Gasteiger partial charge is 0.279 e. The SMILES string of the molecule is CC(C)N(C)S(=O)(=O)NCCNC1CC1. The van der Waals surface area contributed by atoms with E-state index in [2.05, 4.69) is 10.0 Å². The van der Waals surface area contributed by atoms with Crippen molar-refractivity contribution in [1.82, 2.24) is 14.3 Å². The summed E-state index contributed by atoms with van der Waals surface area (Å²) in [5, 5.41) is 3.25. The van der Waals surface area contributed by atoms with E-state index >= 15 is 0 Å². The van der Waals surface area contributed by atoms with Crippen molar-refractivity contribution in [2.75, 3.05) is 20.1 Å². The van der Waals surface area contributed by atoms with E-state index in [4.69, 9.17) is 0 Å². The van der Waals surface area contributed by atoms with Crippen LogP contribution in [-0.2, 0) is 10.2 Å². The molecule has 1 fully saturated rings. The zero-order valence-corrected chi connectivity index (χ0v) is 10.5. The highest BCUT2D eigenvalue weighted by Crippen LogP contribution is 2.17. The van der Waals surface area contributed by atoms with Crippen LogP contribution in [0.1, 0.15) is 26.7 Å². The van der Waals surface area contributed by atoms with Crippen LogP contribution < -0.4 is 10.0 Å². The molecule has 5 nitrogen and oxygen atoms in total. The Kier molecular flexibility index (Phi) is 4.51. The Morgan fingerprint density at radius 2 is 1.93 bits per heavy atom. The fourth-order valence-corrected chi connectivity index (χ4v) is 2.24. The second-order valence-electron chi connectivity index (χ2n) is 4.24. The van der Waals surface area contributed by atoms with Crippen molar-refractivity contribution in [1.29, 1.82) is 0 Å². The fraction of sp³-hybridized carbons (Fsp3) is 1.00. The van der Waals surface area contributed by atoms with Crippen molar-refractivity contribution >= 4 is 10.2 Å². The van der Waals surface area contributed by atoms with Gasteiger partial charge in [-0.2, -0.15) is 12.7 Å². The predicted octanol–water partition coefficient (Wildman–Crippen LogP) is -0.0870. The third-order valence-corrected chi connectivity index (χ3v) is 4.27. The third kappa shape index (κ3) is 4.46. The summed E-state index contributed by atoms with van der Waals surface area (Å²) in [6.45, 7) is 4.86. The van der Waals surface area contributed by atoms with Gasteiger partial charge < -0.3 is 5.32 Å². The van der Waals surface area contributed by atoms with Gasteiger partial charge in [-0.15, -0.1) is 0 Å². The van der Waals surface area contributed by atoms with Crippen molar-refractivity contribution < 1.29 is 8.42 Å². The lowest BCUT2D eigenvalue weighted by Gasteiger charge is -2.21. The molecule has 2 N–H and O–H groups in total. The Labute approximate surface area is 92.4 Å². The molecule has 0 atom stereocenters. The topological polar surface area (TPSA) is 61.4 Å². The van der Waals surface area contributed by atoms with Gasteiger partial charge in [-0.1, -0.05) is 0 Å². The van der Waals surface area contributed by atoms with E-state index in [-0.39, 0.29) is 6.04 Å². The highest BCUT2D eigenvalue weighted by atomic mass is 32.2. The maximum atomic E-state index is 11.6. The van der Waals surface area contributed by atoms with Gasteiger partial charge in [-0.05, 0) is 26.7 Å². The summed E-state index contributed by atoms with van der Waals surface area (Å²) in [4.78, 5) is 0. The molecule has 0 amide bonds. The van der Waals surface area contributed by atoms with E-state index in [1.165, 1.54) is 17.1 Å². The highest BCUT2D eigenvalue weighted by Gasteiger charge is 2.21. The number of hydrogen-bond donors (Lipinski definition) is 2. The standard InChI is InChI=1S/C9H21N3O2S/c1-8(2)12(3)15(13,14)11-7-6-10-9-4-5-9/h8-11H,4-7H2,1-3H3. The van der Waals surface area contributed by atoms with Crippen LogP contribution in [0.15, 0.2) is 0 Å². The lowest BCUT2D eigenvalue weighted by molar-refractivity contribution is 0.402. The average Bonchev–Trinajstić information content (AvgIpc) is 2.94. The molecule has 0 saturated heterocycles.